The number of phenolic OH excluding ortho intramolecular Hbond substituents is 1. The van der Waals surface area contributed by atoms with Gasteiger partial charge in [0.1, 0.15) is 5.57 Å². The molecule has 0 bridgehead atoms. The smallest absolute Gasteiger partial charge is 0.335 e. The number of carbonyl (C=O) groups is 3. The zero-order valence-electron chi connectivity index (χ0n) is 14.9. The van der Waals surface area contributed by atoms with Gasteiger partial charge in [-0.1, -0.05) is 25.1 Å². The Kier molecular flexibility index (Phi) is 4.94. The number of amides is 4. The SMILES string of the molecule is CCc1ccc(N2C(=O)NC(=O)C(=Cc3ccc(O)c(OC)c3)C2=O)cc1. The van der Waals surface area contributed by atoms with Crippen LogP contribution in [0.4, 0.5) is 10.5 Å². The molecule has 1 fully saturated rings. The Bertz CT molecular complexity index is 947. The van der Waals surface area contributed by atoms with Crippen molar-refractivity contribution in [2.24, 2.45) is 0 Å². The molecule has 0 atom stereocenters. The van der Waals surface area contributed by atoms with Crippen molar-refractivity contribution in [2.45, 2.75) is 13.3 Å². The maximum atomic E-state index is 12.8. The molecule has 2 aromatic rings. The summed E-state index contributed by atoms with van der Waals surface area (Å²) < 4.78 is 5.03. The Balaban J connectivity index is 1.99. The number of nitrogens with zero attached hydrogens (tertiary/aromatic N) is 1. The normalized spacial score (nSPS) is 15.9. The summed E-state index contributed by atoms with van der Waals surface area (Å²) in [5.41, 5.74) is 1.71. The standard InChI is InChI=1S/C20H18N2O5/c1-3-12-4-7-14(8-5-12)22-19(25)15(18(24)21-20(22)26)10-13-6-9-16(23)17(11-13)27-2/h4-11,23H,3H2,1-2H3,(H,21,24,26). The molecule has 0 aliphatic carbocycles. The number of benzene rings is 2. The maximum Gasteiger partial charge on any atom is 0.335 e. The van der Waals surface area contributed by atoms with E-state index >= 15 is 0 Å². The van der Waals surface area contributed by atoms with Gasteiger partial charge in [0, 0.05) is 0 Å². The molecule has 0 radical (unpaired) electrons. The minimum Gasteiger partial charge on any atom is -0.504 e. The van der Waals surface area contributed by atoms with E-state index < -0.39 is 17.8 Å². The summed E-state index contributed by atoms with van der Waals surface area (Å²) in [7, 11) is 1.39. The first kappa shape index (κ1) is 18.2. The number of aromatic hydroxyl groups is 1. The zero-order chi connectivity index (χ0) is 19.6. The highest BCUT2D eigenvalue weighted by molar-refractivity contribution is 6.39. The van der Waals surface area contributed by atoms with Crippen molar-refractivity contribution in [3.8, 4) is 11.5 Å². The fourth-order valence-electron chi connectivity index (χ4n) is 2.72. The Morgan fingerprint density at radius 2 is 1.81 bits per heavy atom. The van der Waals surface area contributed by atoms with Gasteiger partial charge >= 0.3 is 6.03 Å². The number of hydrogen-bond acceptors (Lipinski definition) is 5. The van der Waals surface area contributed by atoms with Gasteiger partial charge in [-0.2, -0.15) is 0 Å². The van der Waals surface area contributed by atoms with E-state index in [1.165, 1.54) is 31.4 Å². The van der Waals surface area contributed by atoms with Crippen LogP contribution in [-0.4, -0.2) is 30.1 Å². The molecule has 0 spiro atoms. The van der Waals surface area contributed by atoms with Gasteiger partial charge in [-0.15, -0.1) is 0 Å². The highest BCUT2D eigenvalue weighted by atomic mass is 16.5. The van der Waals surface area contributed by atoms with Gasteiger partial charge in [-0.05, 0) is 47.9 Å². The Morgan fingerprint density at radius 1 is 1.11 bits per heavy atom. The Labute approximate surface area is 155 Å². The van der Waals surface area contributed by atoms with Gasteiger partial charge < -0.3 is 9.84 Å². The molecule has 7 heteroatoms. The quantitative estimate of drug-likeness (QED) is 0.641. The molecule has 1 saturated heterocycles. The second kappa shape index (κ2) is 7.33. The third-order valence-electron chi connectivity index (χ3n) is 4.22. The first-order chi connectivity index (χ1) is 12.9. The Morgan fingerprint density at radius 3 is 2.44 bits per heavy atom. The molecule has 0 saturated carbocycles. The van der Waals surface area contributed by atoms with Gasteiger partial charge in [0.15, 0.2) is 11.5 Å². The van der Waals surface area contributed by atoms with Crippen LogP contribution in [0.25, 0.3) is 6.08 Å². The number of ether oxygens (including phenoxy) is 1. The number of methoxy groups -OCH3 is 1. The van der Waals surface area contributed by atoms with E-state index in [0.29, 0.717) is 11.3 Å². The molecule has 4 amide bonds. The minimum atomic E-state index is -0.797. The van der Waals surface area contributed by atoms with Crippen molar-refractivity contribution in [3.63, 3.8) is 0 Å². The number of barbiturate groups is 1. The number of rotatable bonds is 4. The molecule has 1 heterocycles. The van der Waals surface area contributed by atoms with Gasteiger partial charge in [-0.3, -0.25) is 14.9 Å². The number of hydrogen-bond donors (Lipinski definition) is 2. The van der Waals surface area contributed by atoms with Crippen LogP contribution in [0.3, 0.4) is 0 Å². The summed E-state index contributed by atoms with van der Waals surface area (Å²) in [5.74, 6) is -1.36. The lowest BCUT2D eigenvalue weighted by atomic mass is 10.1. The molecule has 1 aliphatic rings. The molecule has 0 unspecified atom stereocenters. The fraction of sp³-hybridized carbons (Fsp3) is 0.150. The summed E-state index contributed by atoms with van der Waals surface area (Å²) in [6.45, 7) is 2.00. The lowest BCUT2D eigenvalue weighted by molar-refractivity contribution is -0.122. The number of carbonyl (C=O) groups excluding carboxylic acids is 3. The van der Waals surface area contributed by atoms with E-state index in [4.69, 9.17) is 4.74 Å². The van der Waals surface area contributed by atoms with Gasteiger partial charge in [0.05, 0.1) is 12.8 Å². The molecule has 27 heavy (non-hydrogen) atoms. The van der Waals surface area contributed by atoms with E-state index in [1.807, 2.05) is 19.1 Å². The van der Waals surface area contributed by atoms with Crippen LogP contribution in [0.2, 0.25) is 0 Å². The third kappa shape index (κ3) is 3.52. The molecule has 138 valence electrons. The van der Waals surface area contributed by atoms with Crippen LogP contribution in [0, 0.1) is 0 Å². The lowest BCUT2D eigenvalue weighted by Crippen LogP contribution is -2.54. The minimum absolute atomic E-state index is 0.0631. The Hall–Kier alpha value is -3.61. The van der Waals surface area contributed by atoms with E-state index in [-0.39, 0.29) is 17.1 Å². The fourth-order valence-corrected chi connectivity index (χ4v) is 2.72. The van der Waals surface area contributed by atoms with Crippen molar-refractivity contribution in [1.82, 2.24) is 5.32 Å². The third-order valence-corrected chi connectivity index (χ3v) is 4.22. The molecule has 1 aliphatic heterocycles. The van der Waals surface area contributed by atoms with E-state index in [2.05, 4.69) is 5.32 Å². The second-order valence-corrected chi connectivity index (χ2v) is 5.91. The average Bonchev–Trinajstić information content (AvgIpc) is 2.66. The van der Waals surface area contributed by atoms with E-state index in [1.54, 1.807) is 12.1 Å². The predicted molar refractivity (Wildman–Crippen MR) is 99.5 cm³/mol. The number of urea groups is 1. The molecule has 0 aromatic heterocycles. The average molecular weight is 366 g/mol. The van der Waals surface area contributed by atoms with Crippen LogP contribution < -0.4 is 15.0 Å². The van der Waals surface area contributed by atoms with Crippen LogP contribution in [0.15, 0.2) is 48.0 Å². The van der Waals surface area contributed by atoms with Crippen molar-refractivity contribution >= 4 is 29.6 Å². The molecule has 3 rings (SSSR count). The number of aryl methyl sites for hydroxylation is 1. The van der Waals surface area contributed by atoms with Crippen molar-refractivity contribution < 1.29 is 24.2 Å². The van der Waals surface area contributed by atoms with Crippen molar-refractivity contribution in [3.05, 3.63) is 59.2 Å². The first-order valence-electron chi connectivity index (χ1n) is 8.32. The largest absolute Gasteiger partial charge is 0.504 e. The zero-order valence-corrected chi connectivity index (χ0v) is 14.9. The number of phenols is 1. The van der Waals surface area contributed by atoms with Crippen LogP contribution in [-0.2, 0) is 16.0 Å². The molecular weight excluding hydrogens is 348 g/mol. The molecule has 2 aromatic carbocycles. The van der Waals surface area contributed by atoms with E-state index in [9.17, 15) is 19.5 Å². The molecule has 2 N–H and O–H groups in total. The van der Waals surface area contributed by atoms with Crippen LogP contribution >= 0.6 is 0 Å². The van der Waals surface area contributed by atoms with Crippen molar-refractivity contribution in [1.29, 1.82) is 0 Å². The van der Waals surface area contributed by atoms with Gasteiger partial charge in [0.2, 0.25) is 0 Å². The predicted octanol–water partition coefficient (Wildman–Crippen LogP) is 2.63. The molecular formula is C20H18N2O5. The highest BCUT2D eigenvalue weighted by Gasteiger charge is 2.36. The van der Waals surface area contributed by atoms with Crippen LogP contribution in [0.5, 0.6) is 11.5 Å². The number of nitrogens with one attached hydrogen (secondary N) is 1. The first-order valence-corrected chi connectivity index (χ1v) is 8.32. The number of imide groups is 2. The second-order valence-electron chi connectivity index (χ2n) is 5.91. The summed E-state index contributed by atoms with van der Waals surface area (Å²) in [4.78, 5) is 38.1. The highest BCUT2D eigenvalue weighted by Crippen LogP contribution is 2.28. The summed E-state index contributed by atoms with van der Waals surface area (Å²) >= 11 is 0. The van der Waals surface area contributed by atoms with Crippen LogP contribution in [0.1, 0.15) is 18.1 Å². The summed E-state index contributed by atoms with van der Waals surface area (Å²) in [6, 6.07) is 10.6. The lowest BCUT2D eigenvalue weighted by Gasteiger charge is -2.26. The molecule has 7 nitrogen and oxygen atoms in total. The van der Waals surface area contributed by atoms with Gasteiger partial charge in [-0.25, -0.2) is 9.69 Å². The van der Waals surface area contributed by atoms with E-state index in [0.717, 1.165) is 16.9 Å². The topological polar surface area (TPSA) is 95.9 Å². The van der Waals surface area contributed by atoms with Crippen molar-refractivity contribution in [2.75, 3.05) is 12.0 Å². The van der Waals surface area contributed by atoms with Gasteiger partial charge in [0.25, 0.3) is 11.8 Å². The summed E-state index contributed by atoms with van der Waals surface area (Å²) in [5, 5.41) is 11.8. The summed E-state index contributed by atoms with van der Waals surface area (Å²) in [6.07, 6.45) is 2.17. The monoisotopic (exact) mass is 366 g/mol. The maximum absolute atomic E-state index is 12.8. The number of anilines is 1.